The third-order valence-electron chi connectivity index (χ3n) is 3.94. The largest absolute Gasteiger partial charge is 0.365 e. The summed E-state index contributed by atoms with van der Waals surface area (Å²) >= 11 is 6.01. The maximum atomic E-state index is 13.2. The summed E-state index contributed by atoms with van der Waals surface area (Å²) in [7, 11) is 0. The molecular formula is C15H15ClF2N4O. The van der Waals surface area contributed by atoms with E-state index in [1.807, 2.05) is 6.92 Å². The van der Waals surface area contributed by atoms with E-state index in [9.17, 15) is 13.6 Å². The fraction of sp³-hybridized carbons (Fsp3) is 0.333. The fourth-order valence-corrected chi connectivity index (χ4v) is 2.90. The van der Waals surface area contributed by atoms with Crippen LogP contribution in [-0.2, 0) is 6.54 Å². The molecule has 1 aromatic carbocycles. The monoisotopic (exact) mass is 340 g/mol. The van der Waals surface area contributed by atoms with Crippen molar-refractivity contribution >= 4 is 17.5 Å². The molecule has 5 nitrogen and oxygen atoms in total. The molecule has 1 atom stereocenters. The predicted molar refractivity (Wildman–Crippen MR) is 82.7 cm³/mol. The van der Waals surface area contributed by atoms with Gasteiger partial charge >= 0.3 is 0 Å². The van der Waals surface area contributed by atoms with Crippen LogP contribution < -0.4 is 11.1 Å². The normalized spacial score (nSPS) is 17.3. The summed E-state index contributed by atoms with van der Waals surface area (Å²) in [5, 5.41) is 7.73. The Kier molecular flexibility index (Phi) is 4.08. The Balaban J connectivity index is 2.21. The van der Waals surface area contributed by atoms with Crippen molar-refractivity contribution in [1.29, 1.82) is 0 Å². The number of halogens is 3. The first-order chi connectivity index (χ1) is 10.9. The van der Waals surface area contributed by atoms with Gasteiger partial charge in [-0.25, -0.2) is 8.78 Å². The second kappa shape index (κ2) is 5.90. The third kappa shape index (κ3) is 2.70. The van der Waals surface area contributed by atoms with Gasteiger partial charge in [-0.2, -0.15) is 5.10 Å². The summed E-state index contributed by atoms with van der Waals surface area (Å²) < 4.78 is 27.7. The van der Waals surface area contributed by atoms with Gasteiger partial charge in [0.2, 0.25) is 0 Å². The van der Waals surface area contributed by atoms with Crippen molar-refractivity contribution in [2.75, 3.05) is 6.54 Å². The zero-order chi connectivity index (χ0) is 16.7. The van der Waals surface area contributed by atoms with E-state index >= 15 is 0 Å². The molecule has 0 radical (unpaired) electrons. The smallest absolute Gasteiger partial charge is 0.261 e. The maximum Gasteiger partial charge on any atom is 0.261 e. The standard InChI is InChI=1S/C15H15ClF2N4O/c1-7-4-8(2-3-9(7)16)13-12(15(19)23)10-5-20-6-11(14(17)18)22(10)21-13/h2-4,11,14,20H,5-6H2,1H3,(H2,19,23). The molecule has 0 saturated heterocycles. The molecule has 1 aliphatic rings. The first-order valence-corrected chi connectivity index (χ1v) is 7.44. The number of carbonyl (C=O) groups is 1. The van der Waals surface area contributed by atoms with E-state index in [-0.39, 0.29) is 18.7 Å². The number of aromatic nitrogens is 2. The highest BCUT2D eigenvalue weighted by molar-refractivity contribution is 6.31. The van der Waals surface area contributed by atoms with Gasteiger partial charge in [0.1, 0.15) is 11.7 Å². The molecule has 0 bridgehead atoms. The number of hydrogen-bond donors (Lipinski definition) is 2. The van der Waals surface area contributed by atoms with E-state index in [1.54, 1.807) is 18.2 Å². The number of nitrogens with zero attached hydrogens (tertiary/aromatic N) is 2. The number of primary amides is 1. The SMILES string of the molecule is Cc1cc(-c2nn3c(c2C(N)=O)CNCC3C(F)F)ccc1Cl. The maximum absolute atomic E-state index is 13.2. The van der Waals surface area contributed by atoms with Crippen LogP contribution in [-0.4, -0.2) is 28.7 Å². The summed E-state index contributed by atoms with van der Waals surface area (Å²) in [6, 6.07) is 4.01. The van der Waals surface area contributed by atoms with Crippen LogP contribution in [0.25, 0.3) is 11.3 Å². The number of carbonyl (C=O) groups excluding carboxylic acids is 1. The van der Waals surface area contributed by atoms with Crippen LogP contribution in [0.1, 0.15) is 27.7 Å². The van der Waals surface area contributed by atoms with E-state index in [4.69, 9.17) is 17.3 Å². The van der Waals surface area contributed by atoms with Crippen molar-refractivity contribution < 1.29 is 13.6 Å². The minimum atomic E-state index is -2.60. The molecule has 1 unspecified atom stereocenters. The van der Waals surface area contributed by atoms with E-state index in [0.29, 0.717) is 22.0 Å². The highest BCUT2D eigenvalue weighted by atomic mass is 35.5. The molecule has 23 heavy (non-hydrogen) atoms. The summed E-state index contributed by atoms with van der Waals surface area (Å²) in [5.41, 5.74) is 7.76. The highest BCUT2D eigenvalue weighted by Crippen LogP contribution is 2.32. The zero-order valence-electron chi connectivity index (χ0n) is 12.3. The molecule has 2 aromatic rings. The van der Waals surface area contributed by atoms with Gasteiger partial charge in [0, 0.05) is 23.7 Å². The second-order valence-corrected chi connectivity index (χ2v) is 5.88. The van der Waals surface area contributed by atoms with Gasteiger partial charge in [-0.15, -0.1) is 0 Å². The Hall–Kier alpha value is -1.99. The Morgan fingerprint density at radius 3 is 2.87 bits per heavy atom. The van der Waals surface area contributed by atoms with Crippen molar-refractivity contribution in [1.82, 2.24) is 15.1 Å². The van der Waals surface area contributed by atoms with E-state index in [0.717, 1.165) is 5.56 Å². The minimum Gasteiger partial charge on any atom is -0.365 e. The van der Waals surface area contributed by atoms with Gasteiger partial charge < -0.3 is 11.1 Å². The lowest BCUT2D eigenvalue weighted by molar-refractivity contribution is 0.0676. The van der Waals surface area contributed by atoms with Gasteiger partial charge in [0.05, 0.1) is 11.3 Å². The number of rotatable bonds is 3. The zero-order valence-corrected chi connectivity index (χ0v) is 13.1. The number of fused-ring (bicyclic) bond motifs is 1. The highest BCUT2D eigenvalue weighted by Gasteiger charge is 2.33. The Morgan fingerprint density at radius 2 is 2.26 bits per heavy atom. The Morgan fingerprint density at radius 1 is 1.52 bits per heavy atom. The quantitative estimate of drug-likeness (QED) is 0.901. The summed E-state index contributed by atoms with van der Waals surface area (Å²) in [5.74, 6) is -0.689. The van der Waals surface area contributed by atoms with Crippen LogP contribution in [0.3, 0.4) is 0 Å². The van der Waals surface area contributed by atoms with Gasteiger partial charge in [0.25, 0.3) is 12.3 Å². The number of benzene rings is 1. The van der Waals surface area contributed by atoms with Gasteiger partial charge in [-0.1, -0.05) is 17.7 Å². The minimum absolute atomic E-state index is 0.0869. The average Bonchev–Trinajstić information content (AvgIpc) is 2.89. The van der Waals surface area contributed by atoms with Crippen LogP contribution in [0.4, 0.5) is 8.78 Å². The van der Waals surface area contributed by atoms with E-state index in [2.05, 4.69) is 10.4 Å². The van der Waals surface area contributed by atoms with Crippen molar-refractivity contribution in [2.24, 2.45) is 5.73 Å². The topological polar surface area (TPSA) is 72.9 Å². The Bertz CT molecular complexity index is 775. The molecule has 0 saturated carbocycles. The molecular weight excluding hydrogens is 326 g/mol. The van der Waals surface area contributed by atoms with Crippen LogP contribution in [0, 0.1) is 6.92 Å². The first-order valence-electron chi connectivity index (χ1n) is 7.06. The second-order valence-electron chi connectivity index (χ2n) is 5.48. The van der Waals surface area contributed by atoms with Crippen molar-refractivity contribution in [3.05, 3.63) is 40.0 Å². The van der Waals surface area contributed by atoms with E-state index < -0.39 is 18.4 Å². The van der Waals surface area contributed by atoms with Gasteiger partial charge in [-0.3, -0.25) is 9.48 Å². The molecule has 0 aliphatic carbocycles. The van der Waals surface area contributed by atoms with Crippen LogP contribution in [0.15, 0.2) is 18.2 Å². The van der Waals surface area contributed by atoms with Gasteiger partial charge in [-0.05, 0) is 24.6 Å². The number of alkyl halides is 2. The molecule has 2 heterocycles. The van der Waals surface area contributed by atoms with Gasteiger partial charge in [0.15, 0.2) is 0 Å². The lowest BCUT2D eigenvalue weighted by Gasteiger charge is -2.25. The molecule has 1 aliphatic heterocycles. The molecule has 0 fully saturated rings. The lowest BCUT2D eigenvalue weighted by atomic mass is 10.0. The molecule has 3 rings (SSSR count). The third-order valence-corrected chi connectivity index (χ3v) is 4.36. The number of amides is 1. The molecule has 8 heteroatoms. The summed E-state index contributed by atoms with van der Waals surface area (Å²) in [6.45, 7) is 2.17. The Labute approximate surface area is 136 Å². The number of nitrogens with one attached hydrogen (secondary N) is 1. The molecule has 1 aromatic heterocycles. The number of nitrogens with two attached hydrogens (primary N) is 1. The van der Waals surface area contributed by atoms with Crippen LogP contribution in [0.2, 0.25) is 5.02 Å². The van der Waals surface area contributed by atoms with Crippen LogP contribution in [0.5, 0.6) is 0 Å². The van der Waals surface area contributed by atoms with Crippen LogP contribution >= 0.6 is 11.6 Å². The number of hydrogen-bond acceptors (Lipinski definition) is 3. The molecule has 1 amide bonds. The first kappa shape index (κ1) is 15.9. The lowest BCUT2D eigenvalue weighted by Crippen LogP contribution is -2.38. The summed E-state index contributed by atoms with van der Waals surface area (Å²) in [4.78, 5) is 11.9. The van der Waals surface area contributed by atoms with Crippen molar-refractivity contribution in [3.8, 4) is 11.3 Å². The van der Waals surface area contributed by atoms with Crippen molar-refractivity contribution in [2.45, 2.75) is 25.9 Å². The fourth-order valence-electron chi connectivity index (χ4n) is 2.79. The number of aryl methyl sites for hydroxylation is 1. The average molecular weight is 341 g/mol. The summed E-state index contributed by atoms with van der Waals surface area (Å²) in [6.07, 6.45) is -2.60. The molecule has 3 N–H and O–H groups in total. The molecule has 122 valence electrons. The van der Waals surface area contributed by atoms with E-state index in [1.165, 1.54) is 4.68 Å². The molecule has 0 spiro atoms. The van der Waals surface area contributed by atoms with Crippen molar-refractivity contribution in [3.63, 3.8) is 0 Å². The predicted octanol–water partition coefficient (Wildman–Crippen LogP) is 2.52.